The highest BCUT2D eigenvalue weighted by Gasteiger charge is 2.12. The summed E-state index contributed by atoms with van der Waals surface area (Å²) in [7, 11) is 0. The van der Waals surface area contributed by atoms with E-state index in [0.29, 0.717) is 11.3 Å². The van der Waals surface area contributed by atoms with Crippen molar-refractivity contribution in [1.29, 1.82) is 0 Å². The van der Waals surface area contributed by atoms with Crippen molar-refractivity contribution in [1.82, 2.24) is 10.2 Å². The van der Waals surface area contributed by atoms with Gasteiger partial charge in [-0.3, -0.25) is 9.18 Å². The summed E-state index contributed by atoms with van der Waals surface area (Å²) in [4.78, 5) is 11.3. The van der Waals surface area contributed by atoms with Crippen LogP contribution in [0.1, 0.15) is 12.0 Å². The van der Waals surface area contributed by atoms with Crippen LogP contribution < -0.4 is 15.0 Å². The zero-order valence-electron chi connectivity index (χ0n) is 11.7. The van der Waals surface area contributed by atoms with Crippen LogP contribution in [0.3, 0.4) is 0 Å². The number of alkyl halides is 1. The fraction of sp³-hybridized carbons (Fsp3) is 0.286. The second-order valence-corrected chi connectivity index (χ2v) is 5.64. The smallest absolute Gasteiger partial charge is 0.286 e. The van der Waals surface area contributed by atoms with Gasteiger partial charge >= 0.3 is 0 Å². The molecule has 0 saturated carbocycles. The minimum absolute atomic E-state index is 0.0784. The highest BCUT2D eigenvalue weighted by atomic mass is 35.5. The van der Waals surface area contributed by atoms with Gasteiger partial charge in [0.05, 0.1) is 29.5 Å². The lowest BCUT2D eigenvalue weighted by Crippen LogP contribution is -2.10. The predicted octanol–water partition coefficient (Wildman–Crippen LogP) is 4.05. The van der Waals surface area contributed by atoms with Gasteiger partial charge in [-0.05, 0) is 17.7 Å². The molecule has 1 aromatic heterocycles. The van der Waals surface area contributed by atoms with E-state index in [0.717, 1.165) is 0 Å². The number of H-pyrrole nitrogens is 1. The molecule has 0 fully saturated rings. The summed E-state index contributed by atoms with van der Waals surface area (Å²) < 4.78 is 22.9. The lowest BCUT2D eigenvalue weighted by Gasteiger charge is -2.12. The molecule has 1 N–H and O–H groups in total. The largest absolute Gasteiger partial charge is 0.490 e. The Bertz CT molecular complexity index is 716. The molecule has 5 nitrogen and oxygen atoms in total. The highest BCUT2D eigenvalue weighted by molar-refractivity contribution is 6.37. The lowest BCUT2D eigenvalue weighted by molar-refractivity contribution is 0.288. The number of hydrogen-bond acceptors (Lipinski definition) is 4. The van der Waals surface area contributed by atoms with E-state index in [2.05, 4.69) is 10.2 Å². The van der Waals surface area contributed by atoms with Crippen LogP contribution in [0, 0.1) is 0 Å². The zero-order valence-corrected chi connectivity index (χ0v) is 14.0. The monoisotopic (exact) mass is 380 g/mol. The quantitative estimate of drug-likeness (QED) is 0.735. The van der Waals surface area contributed by atoms with Crippen molar-refractivity contribution in [3.63, 3.8) is 0 Å². The first-order chi connectivity index (χ1) is 11.0. The summed E-state index contributed by atoms with van der Waals surface area (Å²) in [5.74, 6) is 0.437. The molecule has 0 aliphatic heterocycles. The fourth-order valence-electron chi connectivity index (χ4n) is 1.69. The lowest BCUT2D eigenvalue weighted by atomic mass is 10.2. The third-order valence-corrected chi connectivity index (χ3v) is 3.66. The van der Waals surface area contributed by atoms with Gasteiger partial charge in [-0.15, -0.1) is 0 Å². The van der Waals surface area contributed by atoms with Crippen molar-refractivity contribution in [2.45, 2.75) is 13.0 Å². The second kappa shape index (κ2) is 8.38. The molecule has 0 radical (unpaired) electrons. The van der Waals surface area contributed by atoms with Gasteiger partial charge in [-0.2, -0.15) is 5.10 Å². The van der Waals surface area contributed by atoms with Crippen LogP contribution in [0.15, 0.2) is 23.1 Å². The summed E-state index contributed by atoms with van der Waals surface area (Å²) in [5.41, 5.74) is 0.103. The molecular formula is C14H12Cl3FN2O3. The number of ether oxygens (including phenoxy) is 2. The molecule has 0 aliphatic carbocycles. The number of nitrogens with zero attached hydrogens (tertiary/aromatic N) is 1. The third kappa shape index (κ3) is 4.73. The van der Waals surface area contributed by atoms with Crippen molar-refractivity contribution < 1.29 is 13.9 Å². The van der Waals surface area contributed by atoms with Crippen LogP contribution in [0.25, 0.3) is 0 Å². The fourth-order valence-corrected chi connectivity index (χ4v) is 2.48. The van der Waals surface area contributed by atoms with Gasteiger partial charge in [-0.1, -0.05) is 34.8 Å². The van der Waals surface area contributed by atoms with Gasteiger partial charge in [0.25, 0.3) is 5.56 Å². The van der Waals surface area contributed by atoms with Gasteiger partial charge in [0.15, 0.2) is 16.5 Å². The zero-order chi connectivity index (χ0) is 16.8. The van der Waals surface area contributed by atoms with Crippen molar-refractivity contribution in [3.05, 3.63) is 49.3 Å². The Morgan fingerprint density at radius 3 is 2.52 bits per heavy atom. The SMILES string of the molecule is O=c1[nH]ncc(OCc2cc(Cl)c(OCCCF)c(Cl)c2)c1Cl. The van der Waals surface area contributed by atoms with Gasteiger partial charge in [0, 0.05) is 6.42 Å². The average Bonchev–Trinajstić information content (AvgIpc) is 2.51. The molecular weight excluding hydrogens is 370 g/mol. The molecule has 2 rings (SSSR count). The van der Waals surface area contributed by atoms with Gasteiger partial charge < -0.3 is 9.47 Å². The summed E-state index contributed by atoms with van der Waals surface area (Å²) in [5, 5.41) is 6.25. The number of rotatable bonds is 7. The van der Waals surface area contributed by atoms with Crippen LogP contribution in [-0.2, 0) is 6.61 Å². The third-order valence-electron chi connectivity index (χ3n) is 2.74. The van der Waals surface area contributed by atoms with Gasteiger partial charge in [-0.25, -0.2) is 5.10 Å². The maximum atomic E-state index is 12.1. The van der Waals surface area contributed by atoms with Crippen LogP contribution in [0.4, 0.5) is 4.39 Å². The first-order valence-corrected chi connectivity index (χ1v) is 7.69. The molecule has 0 unspecified atom stereocenters. The molecule has 23 heavy (non-hydrogen) atoms. The number of hydrogen-bond donors (Lipinski definition) is 1. The molecule has 0 saturated heterocycles. The highest BCUT2D eigenvalue weighted by Crippen LogP contribution is 2.34. The van der Waals surface area contributed by atoms with E-state index < -0.39 is 12.2 Å². The standard InChI is InChI=1S/C14H12Cl3FN2O3/c15-9-4-8(5-10(16)13(9)22-3-1-2-18)7-23-11-6-19-20-14(21)12(11)17/h4-6H,1-3,7H2,(H,20,21). The van der Waals surface area contributed by atoms with Crippen molar-refractivity contribution in [2.24, 2.45) is 0 Å². The predicted molar refractivity (Wildman–Crippen MR) is 86.7 cm³/mol. The molecule has 124 valence electrons. The Hall–Kier alpha value is -1.50. The normalized spacial score (nSPS) is 10.6. The number of aromatic nitrogens is 2. The molecule has 1 heterocycles. The molecule has 0 atom stereocenters. The van der Waals surface area contributed by atoms with Crippen molar-refractivity contribution >= 4 is 34.8 Å². The Balaban J connectivity index is 2.09. The summed E-state index contributed by atoms with van der Waals surface area (Å²) in [6, 6.07) is 3.21. The molecule has 9 heteroatoms. The van der Waals surface area contributed by atoms with E-state index >= 15 is 0 Å². The van der Waals surface area contributed by atoms with E-state index in [1.54, 1.807) is 12.1 Å². The summed E-state index contributed by atoms with van der Waals surface area (Å²) >= 11 is 18.0. The number of halogens is 4. The van der Waals surface area contributed by atoms with Crippen LogP contribution in [0.5, 0.6) is 11.5 Å². The second-order valence-electron chi connectivity index (χ2n) is 4.45. The molecule has 0 aliphatic rings. The molecule has 0 spiro atoms. The first kappa shape index (κ1) is 17.8. The Morgan fingerprint density at radius 2 is 1.87 bits per heavy atom. The number of nitrogens with one attached hydrogen (secondary N) is 1. The van der Waals surface area contributed by atoms with Crippen molar-refractivity contribution in [3.8, 4) is 11.5 Å². The topological polar surface area (TPSA) is 64.2 Å². The minimum atomic E-state index is -0.545. The molecule has 0 bridgehead atoms. The van der Waals surface area contributed by atoms with Crippen LogP contribution in [-0.4, -0.2) is 23.5 Å². The first-order valence-electron chi connectivity index (χ1n) is 6.55. The van der Waals surface area contributed by atoms with Gasteiger partial charge in [0.2, 0.25) is 0 Å². The molecule has 0 amide bonds. The Labute approximate surface area is 146 Å². The number of aromatic amines is 1. The molecule has 1 aromatic carbocycles. The maximum Gasteiger partial charge on any atom is 0.286 e. The number of benzene rings is 1. The van der Waals surface area contributed by atoms with E-state index in [1.165, 1.54) is 6.20 Å². The van der Waals surface area contributed by atoms with E-state index in [9.17, 15) is 9.18 Å². The van der Waals surface area contributed by atoms with Gasteiger partial charge in [0.1, 0.15) is 6.61 Å². The average molecular weight is 382 g/mol. The van der Waals surface area contributed by atoms with E-state index in [4.69, 9.17) is 44.3 Å². The van der Waals surface area contributed by atoms with Crippen LogP contribution in [0.2, 0.25) is 15.1 Å². The Kier molecular flexibility index (Phi) is 6.50. The van der Waals surface area contributed by atoms with Crippen LogP contribution >= 0.6 is 34.8 Å². The van der Waals surface area contributed by atoms with E-state index in [-0.39, 0.29) is 40.5 Å². The van der Waals surface area contributed by atoms with E-state index in [1.807, 2.05) is 0 Å². The summed E-state index contributed by atoms with van der Waals surface area (Å²) in [6.07, 6.45) is 1.55. The Morgan fingerprint density at radius 1 is 1.17 bits per heavy atom. The maximum absolute atomic E-state index is 12.1. The molecule has 2 aromatic rings. The van der Waals surface area contributed by atoms with Crippen molar-refractivity contribution in [2.75, 3.05) is 13.3 Å². The minimum Gasteiger partial charge on any atom is -0.490 e. The summed E-state index contributed by atoms with van der Waals surface area (Å²) in [6.45, 7) is -0.221.